The van der Waals surface area contributed by atoms with Crippen molar-refractivity contribution >= 4 is 47.4 Å². The van der Waals surface area contributed by atoms with Crippen molar-refractivity contribution in [2.75, 3.05) is 23.4 Å². The standard InChI is InChI=1S/C18H23ClN8OS/c1-29-25-8-13-4-2-3-12(5-13)7-23-17-15(19)10-24-18(27-17)26-14(6-20)9-22-11-16(21)28/h2-6,9-10,20,22,25H,7-8,11H2,1H3,(H2,21,28)(H2,23,24,26,27)/b14-9+,20-6?. The van der Waals surface area contributed by atoms with Crippen LogP contribution in [-0.4, -0.2) is 34.9 Å². The maximum atomic E-state index is 10.8. The summed E-state index contributed by atoms with van der Waals surface area (Å²) in [6, 6.07) is 8.18. The molecular formula is C18H23ClN8OS. The topological polar surface area (TPSA) is 141 Å². The predicted octanol–water partition coefficient (Wildman–Crippen LogP) is 2.09. The summed E-state index contributed by atoms with van der Waals surface area (Å²) in [5.74, 6) is 0.213. The zero-order chi connectivity index (χ0) is 21.1. The molecule has 0 unspecified atom stereocenters. The van der Waals surface area contributed by atoms with Crippen molar-refractivity contribution in [2.45, 2.75) is 13.1 Å². The van der Waals surface area contributed by atoms with Crippen LogP contribution in [0.1, 0.15) is 11.1 Å². The summed E-state index contributed by atoms with van der Waals surface area (Å²) >= 11 is 7.77. The van der Waals surface area contributed by atoms with Crippen molar-refractivity contribution in [1.82, 2.24) is 20.0 Å². The first-order chi connectivity index (χ1) is 14.0. The number of hydrogen-bond acceptors (Lipinski definition) is 9. The van der Waals surface area contributed by atoms with Gasteiger partial charge >= 0.3 is 0 Å². The second kappa shape index (κ2) is 11.9. The number of nitrogens with zero attached hydrogens (tertiary/aromatic N) is 2. The summed E-state index contributed by atoms with van der Waals surface area (Å²) in [5, 5.41) is 16.6. The van der Waals surface area contributed by atoms with Crippen molar-refractivity contribution in [3.8, 4) is 0 Å². The lowest BCUT2D eigenvalue weighted by molar-refractivity contribution is -0.117. The molecular weight excluding hydrogens is 412 g/mol. The van der Waals surface area contributed by atoms with Crippen LogP contribution in [-0.2, 0) is 17.9 Å². The Morgan fingerprint density at radius 3 is 2.79 bits per heavy atom. The van der Waals surface area contributed by atoms with E-state index in [9.17, 15) is 4.79 Å². The molecule has 11 heteroatoms. The lowest BCUT2D eigenvalue weighted by atomic mass is 10.1. The van der Waals surface area contributed by atoms with Crippen molar-refractivity contribution in [3.63, 3.8) is 0 Å². The summed E-state index contributed by atoms with van der Waals surface area (Å²) in [5.41, 5.74) is 7.69. The summed E-state index contributed by atoms with van der Waals surface area (Å²) in [6.07, 6.45) is 5.96. The van der Waals surface area contributed by atoms with Crippen LogP contribution in [0.2, 0.25) is 5.02 Å². The second-order valence-electron chi connectivity index (χ2n) is 5.81. The quantitative estimate of drug-likeness (QED) is 0.220. The lowest BCUT2D eigenvalue weighted by Gasteiger charge is -2.11. The summed E-state index contributed by atoms with van der Waals surface area (Å²) in [4.78, 5) is 19.2. The zero-order valence-corrected chi connectivity index (χ0v) is 17.4. The Labute approximate surface area is 178 Å². The smallest absolute Gasteiger partial charge is 0.236 e. The minimum absolute atomic E-state index is 0.0428. The van der Waals surface area contributed by atoms with Gasteiger partial charge in [0.1, 0.15) is 5.02 Å². The molecule has 0 aliphatic carbocycles. The molecule has 0 saturated carbocycles. The molecule has 9 nitrogen and oxygen atoms in total. The van der Waals surface area contributed by atoms with Crippen LogP contribution in [0.3, 0.4) is 0 Å². The molecule has 29 heavy (non-hydrogen) atoms. The number of nitrogens with two attached hydrogens (primary N) is 1. The van der Waals surface area contributed by atoms with E-state index in [1.807, 2.05) is 18.4 Å². The Morgan fingerprint density at radius 1 is 1.34 bits per heavy atom. The Bertz CT molecular complexity index is 877. The highest BCUT2D eigenvalue weighted by Crippen LogP contribution is 2.21. The third kappa shape index (κ3) is 7.98. The molecule has 2 aromatic rings. The number of carbonyl (C=O) groups excluding carboxylic acids is 1. The molecule has 154 valence electrons. The van der Waals surface area contributed by atoms with Gasteiger partial charge in [0.2, 0.25) is 11.9 Å². The highest BCUT2D eigenvalue weighted by Gasteiger charge is 2.07. The Balaban J connectivity index is 2.03. The Morgan fingerprint density at radius 2 is 2.10 bits per heavy atom. The summed E-state index contributed by atoms with van der Waals surface area (Å²) in [6.45, 7) is 1.27. The first-order valence-electron chi connectivity index (χ1n) is 8.61. The van der Waals surface area contributed by atoms with E-state index in [-0.39, 0.29) is 12.5 Å². The van der Waals surface area contributed by atoms with Crippen LogP contribution in [0.15, 0.2) is 42.4 Å². The average Bonchev–Trinajstić information content (AvgIpc) is 2.71. The highest BCUT2D eigenvalue weighted by atomic mass is 35.5. The molecule has 1 amide bonds. The van der Waals surface area contributed by atoms with Gasteiger partial charge in [-0.2, -0.15) is 4.98 Å². The van der Waals surface area contributed by atoms with Gasteiger partial charge in [-0.1, -0.05) is 47.8 Å². The van der Waals surface area contributed by atoms with Crippen LogP contribution in [0.4, 0.5) is 11.8 Å². The predicted molar refractivity (Wildman–Crippen MR) is 119 cm³/mol. The van der Waals surface area contributed by atoms with Crippen LogP contribution in [0.25, 0.3) is 0 Å². The molecule has 2 rings (SSSR count). The number of anilines is 2. The van der Waals surface area contributed by atoms with Crippen LogP contribution >= 0.6 is 23.5 Å². The van der Waals surface area contributed by atoms with Gasteiger partial charge in [0, 0.05) is 25.5 Å². The normalized spacial score (nSPS) is 11.0. The van der Waals surface area contributed by atoms with E-state index in [0.29, 0.717) is 23.1 Å². The Hall–Kier alpha value is -2.82. The van der Waals surface area contributed by atoms with Gasteiger partial charge in [-0.3, -0.25) is 9.52 Å². The van der Waals surface area contributed by atoms with Gasteiger partial charge in [0.25, 0.3) is 0 Å². The van der Waals surface area contributed by atoms with Crippen molar-refractivity contribution in [2.24, 2.45) is 5.73 Å². The summed E-state index contributed by atoms with van der Waals surface area (Å²) in [7, 11) is 0. The number of amides is 1. The molecule has 7 N–H and O–H groups in total. The molecule has 1 aromatic heterocycles. The number of nitrogens with one attached hydrogen (secondary N) is 5. The summed E-state index contributed by atoms with van der Waals surface area (Å²) < 4.78 is 3.22. The van der Waals surface area contributed by atoms with Crippen LogP contribution < -0.4 is 26.4 Å². The largest absolute Gasteiger partial charge is 0.380 e. The van der Waals surface area contributed by atoms with Gasteiger partial charge in [-0.05, 0) is 17.4 Å². The van der Waals surface area contributed by atoms with Gasteiger partial charge in [0.05, 0.1) is 18.4 Å². The number of primary amides is 1. The molecule has 0 atom stereocenters. The van der Waals surface area contributed by atoms with E-state index >= 15 is 0 Å². The lowest BCUT2D eigenvalue weighted by Crippen LogP contribution is -2.25. The molecule has 0 aliphatic heterocycles. The van der Waals surface area contributed by atoms with E-state index in [1.54, 1.807) is 11.9 Å². The number of rotatable bonds is 12. The minimum Gasteiger partial charge on any atom is -0.380 e. The third-order valence-corrected chi connectivity index (χ3v) is 4.27. The minimum atomic E-state index is -0.506. The van der Waals surface area contributed by atoms with E-state index in [0.717, 1.165) is 18.3 Å². The van der Waals surface area contributed by atoms with Crippen LogP contribution in [0, 0.1) is 5.41 Å². The van der Waals surface area contributed by atoms with E-state index in [1.165, 1.54) is 18.0 Å². The number of halogens is 1. The molecule has 0 fully saturated rings. The number of carbonyl (C=O) groups is 1. The van der Waals surface area contributed by atoms with E-state index < -0.39 is 5.91 Å². The van der Waals surface area contributed by atoms with Gasteiger partial charge in [0.15, 0.2) is 5.82 Å². The monoisotopic (exact) mass is 434 g/mol. The van der Waals surface area contributed by atoms with Gasteiger partial charge < -0.3 is 27.1 Å². The van der Waals surface area contributed by atoms with Crippen LogP contribution in [0.5, 0.6) is 0 Å². The molecule has 0 saturated heterocycles. The number of benzene rings is 1. The van der Waals surface area contributed by atoms with Crippen molar-refractivity contribution in [1.29, 1.82) is 5.41 Å². The SMILES string of the molecule is CSNCc1cccc(CNc2nc(N/C(C=N)=C/NCC(N)=O)ncc2Cl)c1. The van der Waals surface area contributed by atoms with E-state index in [4.69, 9.17) is 22.7 Å². The molecule has 1 heterocycles. The van der Waals surface area contributed by atoms with Gasteiger partial charge in [-0.25, -0.2) is 4.98 Å². The Kier molecular flexibility index (Phi) is 9.22. The molecule has 0 radical (unpaired) electrons. The third-order valence-electron chi connectivity index (χ3n) is 3.56. The van der Waals surface area contributed by atoms with Crippen molar-refractivity contribution in [3.05, 3.63) is 58.5 Å². The molecule has 0 aliphatic rings. The fourth-order valence-electron chi connectivity index (χ4n) is 2.25. The highest BCUT2D eigenvalue weighted by molar-refractivity contribution is 7.96. The maximum Gasteiger partial charge on any atom is 0.236 e. The molecule has 1 aromatic carbocycles. The number of allylic oxidation sites excluding steroid dienone is 1. The fourth-order valence-corrected chi connectivity index (χ4v) is 2.72. The maximum absolute atomic E-state index is 10.8. The first kappa shape index (κ1) is 22.5. The molecule has 0 spiro atoms. The molecule has 0 bridgehead atoms. The fraction of sp³-hybridized carbons (Fsp3) is 0.222. The first-order valence-corrected chi connectivity index (χ1v) is 10.2. The zero-order valence-electron chi connectivity index (χ0n) is 15.8. The number of hydrogen-bond donors (Lipinski definition) is 6. The van der Waals surface area contributed by atoms with Crippen molar-refractivity contribution < 1.29 is 4.79 Å². The van der Waals surface area contributed by atoms with Gasteiger partial charge in [-0.15, -0.1) is 0 Å². The average molecular weight is 435 g/mol. The number of aromatic nitrogens is 2. The second-order valence-corrected chi connectivity index (χ2v) is 6.91. The van der Waals surface area contributed by atoms with E-state index in [2.05, 4.69) is 42.8 Å².